The molecular weight excluding hydrogens is 546 g/mol. The molecule has 2 aromatic heterocycles. The number of nitrogen functional groups attached to an aromatic ring is 1. The molecule has 0 spiro atoms. The Labute approximate surface area is 221 Å². The van der Waals surface area contributed by atoms with Crippen LogP contribution < -0.4 is 11.1 Å². The van der Waals surface area contributed by atoms with Gasteiger partial charge < -0.3 is 35.3 Å². The van der Waals surface area contributed by atoms with E-state index in [1.54, 1.807) is 0 Å². The molecule has 2 unspecified atom stereocenters. The molecule has 3 atom stereocenters. The number of oxime groups is 1. The molecular formula is C21H19N5O10S2. The van der Waals surface area contributed by atoms with Gasteiger partial charge in [0.05, 0.1) is 18.1 Å². The van der Waals surface area contributed by atoms with Gasteiger partial charge in [-0.05, 0) is 12.1 Å². The molecule has 0 bridgehead atoms. The third-order valence-electron chi connectivity index (χ3n) is 5.20. The Kier molecular flexibility index (Phi) is 7.67. The first-order valence-corrected chi connectivity index (χ1v) is 12.6. The third kappa shape index (κ3) is 5.47. The number of aliphatic carboxylic acids is 2. The quantitative estimate of drug-likeness (QED) is 0.101. The lowest BCUT2D eigenvalue weighted by Gasteiger charge is -2.44. The topological polar surface area (TPSA) is 224 Å². The summed E-state index contributed by atoms with van der Waals surface area (Å²) >= 11 is 2.19. The number of hydrogen-bond acceptors (Lipinski definition) is 13. The van der Waals surface area contributed by atoms with Crippen LogP contribution in [0.25, 0.3) is 0 Å². The van der Waals surface area contributed by atoms with Crippen molar-refractivity contribution in [2.45, 2.75) is 31.1 Å². The first-order valence-electron chi connectivity index (χ1n) is 10.7. The van der Waals surface area contributed by atoms with Crippen LogP contribution in [0, 0.1) is 0 Å². The van der Waals surface area contributed by atoms with Crippen molar-refractivity contribution < 1.29 is 48.2 Å². The molecule has 2 aromatic rings. The highest BCUT2D eigenvalue weighted by Gasteiger charge is 2.47. The van der Waals surface area contributed by atoms with Crippen molar-refractivity contribution in [2.24, 2.45) is 5.16 Å². The van der Waals surface area contributed by atoms with Crippen molar-refractivity contribution in [2.75, 3.05) is 11.5 Å². The van der Waals surface area contributed by atoms with Crippen molar-refractivity contribution >= 4 is 63.7 Å². The molecule has 5 N–H and O–H groups in total. The van der Waals surface area contributed by atoms with E-state index in [-0.39, 0.29) is 39.7 Å². The Morgan fingerprint density at radius 2 is 2.11 bits per heavy atom. The second-order valence-corrected chi connectivity index (χ2v) is 9.78. The number of thioether (sulfide) groups is 1. The highest BCUT2D eigenvalue weighted by molar-refractivity contribution is 8.00. The number of carboxylic acid groups (broad SMARTS) is 2. The number of hydrogen-bond donors (Lipinski definition) is 4. The van der Waals surface area contributed by atoms with Gasteiger partial charge in [-0.1, -0.05) is 5.16 Å². The van der Waals surface area contributed by atoms with Crippen LogP contribution in [0.3, 0.4) is 0 Å². The van der Waals surface area contributed by atoms with Gasteiger partial charge in [0.2, 0.25) is 12.1 Å². The summed E-state index contributed by atoms with van der Waals surface area (Å²) in [6.07, 6.45) is -1.97. The van der Waals surface area contributed by atoms with Crippen molar-refractivity contribution in [1.82, 2.24) is 15.2 Å². The number of nitrogens with zero attached hydrogens (tertiary/aromatic N) is 3. The third-order valence-corrected chi connectivity index (χ3v) is 7.12. The van der Waals surface area contributed by atoms with Gasteiger partial charge >= 0.3 is 17.9 Å². The number of β-lactam (4-membered cyclic amide) rings is 1. The predicted molar refractivity (Wildman–Crippen MR) is 129 cm³/mol. The zero-order valence-electron chi connectivity index (χ0n) is 19.4. The molecule has 200 valence electrons. The second kappa shape index (κ2) is 10.9. The zero-order valence-corrected chi connectivity index (χ0v) is 21.0. The van der Waals surface area contributed by atoms with Gasteiger partial charge in [-0.3, -0.25) is 19.3 Å². The molecule has 4 rings (SSSR count). The van der Waals surface area contributed by atoms with Gasteiger partial charge in [-0.25, -0.2) is 14.6 Å². The van der Waals surface area contributed by atoms with Gasteiger partial charge in [0.1, 0.15) is 11.4 Å². The number of amides is 2. The molecule has 2 aliphatic rings. The summed E-state index contributed by atoms with van der Waals surface area (Å²) in [7, 11) is 0. The lowest BCUT2D eigenvalue weighted by molar-refractivity contribution is -0.152. The number of carbonyl (C=O) groups excluding carboxylic acids is 3. The van der Waals surface area contributed by atoms with E-state index in [0.717, 1.165) is 23.2 Å². The Hall–Kier alpha value is -4.38. The summed E-state index contributed by atoms with van der Waals surface area (Å²) in [6.45, 7) is 1.05. The van der Waals surface area contributed by atoms with Gasteiger partial charge in [0.25, 0.3) is 12.0 Å². The number of ether oxygens (including phenoxy) is 1. The van der Waals surface area contributed by atoms with Gasteiger partial charge in [0, 0.05) is 23.6 Å². The second-order valence-electron chi connectivity index (χ2n) is 7.73. The number of fused-ring (bicyclic) bond motifs is 1. The molecule has 2 aliphatic heterocycles. The first kappa shape index (κ1) is 26.7. The summed E-state index contributed by atoms with van der Waals surface area (Å²) in [5.41, 5.74) is 4.56. The number of aromatic nitrogens is 1. The molecule has 38 heavy (non-hydrogen) atoms. The van der Waals surface area contributed by atoms with Crippen molar-refractivity contribution in [3.8, 4) is 0 Å². The van der Waals surface area contributed by atoms with Crippen LogP contribution in [0.2, 0.25) is 0 Å². The van der Waals surface area contributed by atoms with Crippen molar-refractivity contribution in [3.63, 3.8) is 0 Å². The predicted octanol–water partition coefficient (Wildman–Crippen LogP) is 0.514. The fraction of sp³-hybridized carbons (Fsp3) is 0.286. The van der Waals surface area contributed by atoms with E-state index in [1.165, 1.54) is 35.5 Å². The average Bonchev–Trinajstić information content (AvgIpc) is 3.51. The van der Waals surface area contributed by atoms with Crippen LogP contribution in [-0.2, 0) is 33.5 Å². The van der Waals surface area contributed by atoms with Crippen LogP contribution in [0.15, 0.2) is 44.6 Å². The fourth-order valence-electron chi connectivity index (χ4n) is 3.55. The van der Waals surface area contributed by atoms with Crippen molar-refractivity contribution in [3.05, 3.63) is 46.5 Å². The van der Waals surface area contributed by atoms with E-state index in [1.807, 2.05) is 0 Å². The van der Waals surface area contributed by atoms with E-state index in [0.29, 0.717) is 0 Å². The number of rotatable bonds is 10. The molecule has 0 aromatic carbocycles. The first-order chi connectivity index (χ1) is 18.1. The Morgan fingerprint density at radius 1 is 1.34 bits per heavy atom. The summed E-state index contributed by atoms with van der Waals surface area (Å²) < 4.78 is 10.3. The van der Waals surface area contributed by atoms with Gasteiger partial charge in [0.15, 0.2) is 16.6 Å². The zero-order chi connectivity index (χ0) is 27.6. The minimum atomic E-state index is -1.72. The molecule has 0 radical (unpaired) electrons. The van der Waals surface area contributed by atoms with Crippen LogP contribution in [0.1, 0.15) is 30.9 Å². The maximum atomic E-state index is 13.3. The summed E-state index contributed by atoms with van der Waals surface area (Å²) in [5, 5.41) is 26.4. The normalized spacial score (nSPS) is 18.7. The summed E-state index contributed by atoms with van der Waals surface area (Å²) in [4.78, 5) is 71.1. The molecule has 4 heterocycles. The molecule has 1 saturated heterocycles. The highest BCUT2D eigenvalue weighted by atomic mass is 32.2. The van der Waals surface area contributed by atoms with Crippen molar-refractivity contribution in [1.29, 1.82) is 0 Å². The standard InChI is InChI=1S/C21H19N5O10S2/c1-8(27)35-18(9-6-37-13-5-12(28)26(13)15(9)19(30)31)24-17(29)14(10-7-38-21(22)23-10)25-36-16(20(32)33)11-3-2-4-34-11/h2-4,7,13,16,18H,5-6H2,1H3,(H2,22,23)(H,24,29)(H,30,31)(H,32,33)/b25-14-/t13-,16?,18?/m1/s1. The molecule has 15 nitrogen and oxygen atoms in total. The number of anilines is 1. The monoisotopic (exact) mass is 565 g/mol. The molecule has 17 heteroatoms. The summed E-state index contributed by atoms with van der Waals surface area (Å²) in [5.74, 6) is -5.35. The highest BCUT2D eigenvalue weighted by Crippen LogP contribution is 2.41. The summed E-state index contributed by atoms with van der Waals surface area (Å²) in [6, 6.07) is 2.76. The Morgan fingerprint density at radius 3 is 2.66 bits per heavy atom. The maximum Gasteiger partial charge on any atom is 0.355 e. The smallest absolute Gasteiger partial charge is 0.355 e. The number of thiazole rings is 1. The maximum absolute atomic E-state index is 13.3. The molecule has 2 amide bonds. The SMILES string of the molecule is CC(=O)OC(NC(=O)/C(=N\OC(C(=O)O)c1ccco1)c1csc(N)n1)C1=C(C(=O)O)N2C(=O)C[C@H]2SC1. The minimum Gasteiger partial charge on any atom is -0.478 e. The Balaban J connectivity index is 1.69. The molecule has 1 fully saturated rings. The van der Waals surface area contributed by atoms with E-state index in [9.17, 15) is 34.2 Å². The number of nitrogens with one attached hydrogen (secondary N) is 1. The fourth-order valence-corrected chi connectivity index (χ4v) is 5.39. The van der Waals surface area contributed by atoms with Gasteiger partial charge in [-0.2, -0.15) is 0 Å². The van der Waals surface area contributed by atoms with Crippen LogP contribution >= 0.6 is 23.1 Å². The van der Waals surface area contributed by atoms with E-state index >= 15 is 0 Å². The van der Waals surface area contributed by atoms with E-state index in [4.69, 9.17) is 19.7 Å². The van der Waals surface area contributed by atoms with Crippen LogP contribution in [0.4, 0.5) is 5.13 Å². The number of carbonyl (C=O) groups is 5. The van der Waals surface area contributed by atoms with E-state index in [2.05, 4.69) is 15.5 Å². The molecule has 0 aliphatic carbocycles. The average molecular weight is 566 g/mol. The van der Waals surface area contributed by atoms with Crippen LogP contribution in [0.5, 0.6) is 0 Å². The van der Waals surface area contributed by atoms with Gasteiger partial charge in [-0.15, -0.1) is 23.1 Å². The number of esters is 1. The largest absolute Gasteiger partial charge is 0.478 e. The molecule has 0 saturated carbocycles. The Bertz CT molecular complexity index is 1350. The minimum absolute atomic E-state index is 0.0283. The number of carboxylic acids is 2. The lowest BCUT2D eigenvalue weighted by atomic mass is 10.1. The lowest BCUT2D eigenvalue weighted by Crippen LogP contribution is -2.56. The number of furan rings is 1. The van der Waals surface area contributed by atoms with E-state index < -0.39 is 53.5 Å². The van der Waals surface area contributed by atoms with Crippen LogP contribution in [-0.4, -0.2) is 72.9 Å². The number of nitrogens with two attached hydrogens (primary N) is 1.